The number of rotatable bonds is 15. The molecule has 0 radical (unpaired) electrons. The molecule has 2 rings (SSSR count). The predicted octanol–water partition coefficient (Wildman–Crippen LogP) is 5.12. The van der Waals surface area contributed by atoms with Crippen LogP contribution in [0.5, 0.6) is 11.5 Å². The summed E-state index contributed by atoms with van der Waals surface area (Å²) in [6.07, 6.45) is 10.2. The number of phenolic OH excluding ortho intramolecular Hbond substituents is 2. The Morgan fingerprint density at radius 2 is 1.53 bits per heavy atom. The Bertz CT molecular complexity index is 721. The van der Waals surface area contributed by atoms with E-state index in [2.05, 4.69) is 0 Å². The Labute approximate surface area is 179 Å². The fourth-order valence-electron chi connectivity index (χ4n) is 3.84. The summed E-state index contributed by atoms with van der Waals surface area (Å²) in [7, 11) is 0. The second kappa shape index (κ2) is 10.7. The number of benzene rings is 1. The number of ether oxygens (including phenoxy) is 1. The third-order valence-electron chi connectivity index (χ3n) is 6.29. The molecule has 0 saturated heterocycles. The monoisotopic (exact) mass is 420 g/mol. The maximum Gasteiger partial charge on any atom is 0.309 e. The highest BCUT2D eigenvalue weighted by Gasteiger charge is 2.44. The topological polar surface area (TPSA) is 104 Å². The lowest BCUT2D eigenvalue weighted by molar-refractivity contribution is -0.147. The van der Waals surface area contributed by atoms with Crippen LogP contribution in [0.2, 0.25) is 0 Å². The molecule has 168 valence electrons. The van der Waals surface area contributed by atoms with Crippen molar-refractivity contribution < 1.29 is 29.6 Å². The number of carbonyl (C=O) groups is 2. The van der Waals surface area contributed by atoms with Crippen LogP contribution in [-0.2, 0) is 27.2 Å². The van der Waals surface area contributed by atoms with Gasteiger partial charge in [-0.1, -0.05) is 19.3 Å². The molecule has 1 saturated carbocycles. The molecule has 1 fully saturated rings. The van der Waals surface area contributed by atoms with Gasteiger partial charge in [0.15, 0.2) is 0 Å². The number of hydrogen-bond acceptors (Lipinski definition) is 5. The highest BCUT2D eigenvalue weighted by molar-refractivity contribution is 5.73. The number of carboxylic acids is 1. The minimum atomic E-state index is -0.760. The summed E-state index contributed by atoms with van der Waals surface area (Å²) in [5.41, 5.74) is 0.575. The Morgan fingerprint density at radius 1 is 1.00 bits per heavy atom. The molecular weight excluding hydrogens is 384 g/mol. The zero-order valence-electron chi connectivity index (χ0n) is 18.3. The first-order chi connectivity index (χ1) is 14.2. The molecule has 1 aromatic carbocycles. The third kappa shape index (κ3) is 7.22. The average Bonchev–Trinajstić information content (AvgIpc) is 3.44. The number of unbranched alkanes of at least 4 members (excludes halogenated alkanes) is 4. The minimum absolute atomic E-state index is 0.219. The molecule has 0 aliphatic heterocycles. The van der Waals surface area contributed by atoms with E-state index in [-0.39, 0.29) is 17.1 Å². The van der Waals surface area contributed by atoms with Gasteiger partial charge in [-0.05, 0) is 94.9 Å². The van der Waals surface area contributed by atoms with Crippen molar-refractivity contribution in [2.75, 3.05) is 0 Å². The lowest BCUT2D eigenvalue weighted by Gasteiger charge is -2.18. The fourth-order valence-corrected chi connectivity index (χ4v) is 3.84. The van der Waals surface area contributed by atoms with Gasteiger partial charge in [-0.2, -0.15) is 0 Å². The van der Waals surface area contributed by atoms with Crippen LogP contribution in [0.15, 0.2) is 12.1 Å². The summed E-state index contributed by atoms with van der Waals surface area (Å²) < 4.78 is 5.14. The molecule has 0 aromatic heterocycles. The van der Waals surface area contributed by atoms with Crippen LogP contribution >= 0.6 is 0 Å². The lowest BCUT2D eigenvalue weighted by atomic mass is 9.87. The van der Waals surface area contributed by atoms with Crippen LogP contribution in [0.25, 0.3) is 0 Å². The van der Waals surface area contributed by atoms with E-state index >= 15 is 0 Å². The summed E-state index contributed by atoms with van der Waals surface area (Å²) in [4.78, 5) is 21.6. The molecule has 6 nitrogen and oxygen atoms in total. The minimum Gasteiger partial charge on any atom is -0.508 e. The molecule has 0 amide bonds. The van der Waals surface area contributed by atoms with Crippen molar-refractivity contribution >= 4 is 12.4 Å². The van der Waals surface area contributed by atoms with Crippen molar-refractivity contribution in [1.82, 2.24) is 0 Å². The zero-order valence-corrected chi connectivity index (χ0v) is 18.3. The molecule has 0 spiro atoms. The molecule has 0 unspecified atom stereocenters. The molecule has 1 aliphatic rings. The van der Waals surface area contributed by atoms with Gasteiger partial charge in [0.1, 0.15) is 17.1 Å². The summed E-state index contributed by atoms with van der Waals surface area (Å²) in [6, 6.07) is 3.32. The summed E-state index contributed by atoms with van der Waals surface area (Å²) in [6.45, 7) is 4.04. The van der Waals surface area contributed by atoms with Gasteiger partial charge >= 0.3 is 5.97 Å². The van der Waals surface area contributed by atoms with Gasteiger partial charge in [0.05, 0.1) is 5.41 Å². The highest BCUT2D eigenvalue weighted by atomic mass is 16.5. The molecule has 6 heteroatoms. The molecule has 0 atom stereocenters. The van der Waals surface area contributed by atoms with Gasteiger partial charge in [0, 0.05) is 0 Å². The number of hydrogen-bond donors (Lipinski definition) is 3. The first-order valence-corrected chi connectivity index (χ1v) is 11.1. The number of carbonyl (C=O) groups excluding carboxylic acids is 1. The number of carboxylic acid groups (broad SMARTS) is 1. The Kier molecular flexibility index (Phi) is 8.56. The molecule has 1 aliphatic carbocycles. The highest BCUT2D eigenvalue weighted by Crippen LogP contribution is 2.43. The molecule has 0 bridgehead atoms. The maximum absolute atomic E-state index is 11.1. The Balaban J connectivity index is 1.69. The largest absolute Gasteiger partial charge is 0.508 e. The second-order valence-corrected chi connectivity index (χ2v) is 9.32. The van der Waals surface area contributed by atoms with Crippen molar-refractivity contribution in [1.29, 1.82) is 0 Å². The van der Waals surface area contributed by atoms with E-state index in [0.29, 0.717) is 25.7 Å². The van der Waals surface area contributed by atoms with Crippen LogP contribution in [0, 0.1) is 5.41 Å². The molecule has 3 N–H and O–H groups in total. The Morgan fingerprint density at radius 3 is 2.03 bits per heavy atom. The number of phenols is 2. The third-order valence-corrected chi connectivity index (χ3v) is 6.29. The average molecular weight is 421 g/mol. The van der Waals surface area contributed by atoms with E-state index < -0.39 is 11.4 Å². The van der Waals surface area contributed by atoms with Gasteiger partial charge in [-0.3, -0.25) is 9.59 Å². The smallest absolute Gasteiger partial charge is 0.309 e. The predicted molar refractivity (Wildman–Crippen MR) is 115 cm³/mol. The standard InChI is InChI=1S/C24H36O6/c1-23(2,22(28)29)11-7-4-3-5-9-18-15-21(27)19(16-20(18)26)10-6-8-12-24(13-14-24)30-17-25/h15-17,26-27H,3-14H2,1-2H3,(H,28,29). The van der Waals surface area contributed by atoms with Gasteiger partial charge in [-0.15, -0.1) is 0 Å². The van der Waals surface area contributed by atoms with E-state index in [1.54, 1.807) is 26.0 Å². The van der Waals surface area contributed by atoms with E-state index in [1.165, 1.54) is 0 Å². The van der Waals surface area contributed by atoms with E-state index in [1.807, 2.05) is 0 Å². The van der Waals surface area contributed by atoms with Gasteiger partial charge in [0.2, 0.25) is 0 Å². The lowest BCUT2D eigenvalue weighted by Crippen LogP contribution is -2.23. The van der Waals surface area contributed by atoms with Crippen molar-refractivity contribution in [3.8, 4) is 11.5 Å². The first kappa shape index (κ1) is 24.0. The number of aliphatic carboxylic acids is 1. The van der Waals surface area contributed by atoms with Crippen molar-refractivity contribution in [2.24, 2.45) is 5.41 Å². The molecule has 1 aromatic rings. The van der Waals surface area contributed by atoms with Crippen molar-refractivity contribution in [3.05, 3.63) is 23.3 Å². The molecule has 0 heterocycles. The summed E-state index contributed by atoms with van der Waals surface area (Å²) in [5, 5.41) is 29.8. The van der Waals surface area contributed by atoms with Crippen LogP contribution in [0.1, 0.15) is 89.2 Å². The number of aryl methyl sites for hydroxylation is 2. The maximum atomic E-state index is 11.1. The van der Waals surface area contributed by atoms with Crippen LogP contribution < -0.4 is 0 Å². The van der Waals surface area contributed by atoms with Crippen LogP contribution in [0.4, 0.5) is 0 Å². The van der Waals surface area contributed by atoms with E-state index in [9.17, 15) is 19.8 Å². The second-order valence-electron chi connectivity index (χ2n) is 9.32. The van der Waals surface area contributed by atoms with Gasteiger partial charge < -0.3 is 20.1 Å². The summed E-state index contributed by atoms with van der Waals surface area (Å²) in [5.74, 6) is -0.321. The van der Waals surface area contributed by atoms with Crippen molar-refractivity contribution in [3.63, 3.8) is 0 Å². The quantitative estimate of drug-likeness (QED) is 0.207. The fraction of sp³-hybridized carbons (Fsp3) is 0.667. The van der Waals surface area contributed by atoms with Crippen LogP contribution in [0.3, 0.4) is 0 Å². The van der Waals surface area contributed by atoms with Crippen LogP contribution in [-0.4, -0.2) is 33.4 Å². The van der Waals surface area contributed by atoms with Crippen molar-refractivity contribution in [2.45, 2.75) is 96.5 Å². The summed E-state index contributed by atoms with van der Waals surface area (Å²) >= 11 is 0. The van der Waals surface area contributed by atoms with E-state index in [0.717, 1.165) is 68.9 Å². The SMILES string of the molecule is CC(C)(CCCCCCc1cc(O)c(CCCCC2(OC=O)CC2)cc1O)C(=O)O. The van der Waals surface area contributed by atoms with Gasteiger partial charge in [-0.25, -0.2) is 0 Å². The molecule has 30 heavy (non-hydrogen) atoms. The first-order valence-electron chi connectivity index (χ1n) is 11.1. The number of aromatic hydroxyl groups is 2. The van der Waals surface area contributed by atoms with E-state index in [4.69, 9.17) is 9.84 Å². The molecular formula is C24H36O6. The zero-order chi connectivity index (χ0) is 22.2. The van der Waals surface area contributed by atoms with Gasteiger partial charge in [0.25, 0.3) is 6.47 Å². The normalized spacial score (nSPS) is 15.0. The Hall–Kier alpha value is -2.24.